The van der Waals surface area contributed by atoms with Crippen molar-refractivity contribution in [3.63, 3.8) is 0 Å². The first-order chi connectivity index (χ1) is 10.6. The number of rotatable bonds is 4. The van der Waals surface area contributed by atoms with Crippen LogP contribution in [-0.4, -0.2) is 61.3 Å². The maximum Gasteiger partial charge on any atom is 0.312 e. The minimum atomic E-state index is -0.629. The smallest absolute Gasteiger partial charge is 0.312 e. The Morgan fingerprint density at radius 3 is 2.36 bits per heavy atom. The lowest BCUT2D eigenvalue weighted by atomic mass is 10.2. The first kappa shape index (κ1) is 15.8. The second kappa shape index (κ2) is 7.44. The molecule has 0 saturated carbocycles. The van der Waals surface area contributed by atoms with Gasteiger partial charge in [0, 0.05) is 32.7 Å². The van der Waals surface area contributed by atoms with Crippen LogP contribution in [-0.2, 0) is 20.9 Å². The summed E-state index contributed by atoms with van der Waals surface area (Å²) >= 11 is 0. The van der Waals surface area contributed by atoms with Gasteiger partial charge < -0.3 is 19.9 Å². The van der Waals surface area contributed by atoms with Crippen LogP contribution >= 0.6 is 0 Å². The van der Waals surface area contributed by atoms with Gasteiger partial charge in [-0.1, -0.05) is 12.1 Å². The summed E-state index contributed by atoms with van der Waals surface area (Å²) in [5, 5.41) is 2.60. The molecule has 1 N–H and O–H groups in total. The van der Waals surface area contributed by atoms with Gasteiger partial charge in [0.25, 0.3) is 0 Å². The second-order valence-corrected chi connectivity index (χ2v) is 4.96. The quantitative estimate of drug-likeness (QED) is 0.607. The number of ether oxygens (including phenoxy) is 1. The van der Waals surface area contributed by atoms with Gasteiger partial charge in [-0.2, -0.15) is 0 Å². The fourth-order valence-electron chi connectivity index (χ4n) is 2.18. The van der Waals surface area contributed by atoms with Crippen LogP contribution in [0.15, 0.2) is 24.3 Å². The van der Waals surface area contributed by atoms with E-state index in [0.717, 1.165) is 17.7 Å². The fourth-order valence-corrected chi connectivity index (χ4v) is 2.18. The number of nitrogens with zero attached hydrogens (tertiary/aromatic N) is 2. The van der Waals surface area contributed by atoms with Crippen LogP contribution < -0.4 is 10.1 Å². The standard InChI is InChI=1S/C15H19N3O4/c1-22-13-4-2-12(3-5-13)10-16-14(20)15(21)18-8-6-17(11-19)7-9-18/h2-5,11H,6-10H2,1H3,(H,16,20). The van der Waals surface area contributed by atoms with Crippen molar-refractivity contribution in [2.45, 2.75) is 6.54 Å². The van der Waals surface area contributed by atoms with Crippen LogP contribution in [0.5, 0.6) is 5.75 Å². The van der Waals surface area contributed by atoms with Crippen molar-refractivity contribution in [1.29, 1.82) is 0 Å². The van der Waals surface area contributed by atoms with E-state index < -0.39 is 11.8 Å². The van der Waals surface area contributed by atoms with Crippen LogP contribution in [0.1, 0.15) is 5.56 Å². The highest BCUT2D eigenvalue weighted by Crippen LogP contribution is 2.11. The molecule has 1 aliphatic rings. The zero-order chi connectivity index (χ0) is 15.9. The summed E-state index contributed by atoms with van der Waals surface area (Å²) in [5.41, 5.74) is 0.882. The molecule has 0 aliphatic carbocycles. The maximum atomic E-state index is 12.0. The van der Waals surface area contributed by atoms with Crippen LogP contribution in [0.2, 0.25) is 0 Å². The van der Waals surface area contributed by atoms with Gasteiger partial charge in [-0.05, 0) is 17.7 Å². The van der Waals surface area contributed by atoms with Crippen molar-refractivity contribution < 1.29 is 19.1 Å². The Morgan fingerprint density at radius 2 is 1.82 bits per heavy atom. The number of hydrogen-bond acceptors (Lipinski definition) is 4. The highest BCUT2D eigenvalue weighted by Gasteiger charge is 2.25. The Bertz CT molecular complexity index is 536. The topological polar surface area (TPSA) is 79.0 Å². The molecule has 1 aromatic rings. The van der Waals surface area contributed by atoms with E-state index >= 15 is 0 Å². The highest BCUT2D eigenvalue weighted by atomic mass is 16.5. The molecule has 118 valence electrons. The monoisotopic (exact) mass is 305 g/mol. The molecule has 0 radical (unpaired) electrons. The Hall–Kier alpha value is -2.57. The molecule has 0 aromatic heterocycles. The molecule has 2 rings (SSSR count). The van der Waals surface area contributed by atoms with E-state index in [2.05, 4.69) is 5.32 Å². The predicted molar refractivity (Wildman–Crippen MR) is 79.1 cm³/mol. The molecule has 1 aromatic carbocycles. The summed E-state index contributed by atoms with van der Waals surface area (Å²) in [6.07, 6.45) is 0.756. The number of methoxy groups -OCH3 is 1. The molecular weight excluding hydrogens is 286 g/mol. The summed E-state index contributed by atoms with van der Waals surface area (Å²) in [6.45, 7) is 1.96. The van der Waals surface area contributed by atoms with Crippen LogP contribution in [0.25, 0.3) is 0 Å². The van der Waals surface area contributed by atoms with E-state index in [9.17, 15) is 14.4 Å². The lowest BCUT2D eigenvalue weighted by Crippen LogP contribution is -2.52. The predicted octanol–water partition coefficient (Wildman–Crippen LogP) is -0.388. The Balaban J connectivity index is 1.81. The molecular formula is C15H19N3O4. The number of piperazine rings is 1. The molecule has 1 fully saturated rings. The van der Waals surface area contributed by atoms with E-state index in [1.807, 2.05) is 12.1 Å². The summed E-state index contributed by atoms with van der Waals surface area (Å²) in [7, 11) is 1.58. The van der Waals surface area contributed by atoms with Gasteiger partial charge in [-0.25, -0.2) is 0 Å². The molecule has 0 bridgehead atoms. The maximum absolute atomic E-state index is 12.0. The Labute approximate surface area is 128 Å². The average molecular weight is 305 g/mol. The van der Waals surface area contributed by atoms with Gasteiger partial charge in [0.2, 0.25) is 6.41 Å². The van der Waals surface area contributed by atoms with E-state index in [0.29, 0.717) is 26.2 Å². The van der Waals surface area contributed by atoms with Gasteiger partial charge in [0.15, 0.2) is 0 Å². The molecule has 0 spiro atoms. The van der Waals surface area contributed by atoms with Crippen LogP contribution in [0.3, 0.4) is 0 Å². The minimum Gasteiger partial charge on any atom is -0.497 e. The number of carbonyl (C=O) groups excluding carboxylic acids is 3. The Morgan fingerprint density at radius 1 is 1.18 bits per heavy atom. The normalized spacial score (nSPS) is 14.4. The van der Waals surface area contributed by atoms with Gasteiger partial charge in [-0.15, -0.1) is 0 Å². The van der Waals surface area contributed by atoms with Crippen molar-refractivity contribution in [3.05, 3.63) is 29.8 Å². The summed E-state index contributed by atoms with van der Waals surface area (Å²) in [4.78, 5) is 37.5. The van der Waals surface area contributed by atoms with E-state index in [4.69, 9.17) is 4.74 Å². The summed E-state index contributed by atoms with van der Waals surface area (Å²) in [5.74, 6) is -0.450. The first-order valence-corrected chi connectivity index (χ1v) is 7.03. The number of hydrogen-bond donors (Lipinski definition) is 1. The van der Waals surface area contributed by atoms with E-state index in [-0.39, 0.29) is 6.54 Å². The highest BCUT2D eigenvalue weighted by molar-refractivity contribution is 6.35. The van der Waals surface area contributed by atoms with E-state index in [1.54, 1.807) is 24.1 Å². The Kier molecular flexibility index (Phi) is 5.35. The molecule has 0 unspecified atom stereocenters. The van der Waals surface area contributed by atoms with Crippen molar-refractivity contribution in [3.8, 4) is 5.75 Å². The number of carbonyl (C=O) groups is 3. The number of amides is 3. The van der Waals surface area contributed by atoms with Crippen molar-refractivity contribution in [2.75, 3.05) is 33.3 Å². The van der Waals surface area contributed by atoms with Gasteiger partial charge in [0.05, 0.1) is 7.11 Å². The molecule has 3 amide bonds. The fraction of sp³-hybridized carbons (Fsp3) is 0.400. The molecule has 1 saturated heterocycles. The number of benzene rings is 1. The lowest BCUT2D eigenvalue weighted by Gasteiger charge is -2.31. The minimum absolute atomic E-state index is 0.281. The molecule has 1 aliphatic heterocycles. The van der Waals surface area contributed by atoms with Crippen molar-refractivity contribution in [1.82, 2.24) is 15.1 Å². The third kappa shape index (κ3) is 3.97. The first-order valence-electron chi connectivity index (χ1n) is 7.03. The van der Waals surface area contributed by atoms with Crippen molar-refractivity contribution >= 4 is 18.2 Å². The van der Waals surface area contributed by atoms with Crippen molar-refractivity contribution in [2.24, 2.45) is 0 Å². The average Bonchev–Trinajstić information content (AvgIpc) is 2.59. The van der Waals surface area contributed by atoms with Gasteiger partial charge in [0.1, 0.15) is 5.75 Å². The molecule has 7 nitrogen and oxygen atoms in total. The summed E-state index contributed by atoms with van der Waals surface area (Å²) < 4.78 is 5.05. The molecule has 0 atom stereocenters. The second-order valence-electron chi connectivity index (χ2n) is 4.96. The number of nitrogens with one attached hydrogen (secondary N) is 1. The van der Waals surface area contributed by atoms with Crippen LogP contribution in [0, 0.1) is 0 Å². The zero-order valence-corrected chi connectivity index (χ0v) is 12.4. The zero-order valence-electron chi connectivity index (χ0n) is 12.4. The third-order valence-electron chi connectivity index (χ3n) is 3.56. The third-order valence-corrected chi connectivity index (χ3v) is 3.56. The van der Waals surface area contributed by atoms with Gasteiger partial charge >= 0.3 is 11.8 Å². The van der Waals surface area contributed by atoms with Crippen LogP contribution in [0.4, 0.5) is 0 Å². The molecule has 7 heteroatoms. The largest absolute Gasteiger partial charge is 0.497 e. The molecule has 22 heavy (non-hydrogen) atoms. The summed E-state index contributed by atoms with van der Waals surface area (Å²) in [6, 6.07) is 7.24. The van der Waals surface area contributed by atoms with Gasteiger partial charge in [-0.3, -0.25) is 14.4 Å². The van der Waals surface area contributed by atoms with E-state index in [1.165, 1.54) is 4.90 Å². The molecule has 1 heterocycles. The SMILES string of the molecule is COc1ccc(CNC(=O)C(=O)N2CCN(C=O)CC2)cc1. The lowest BCUT2D eigenvalue weighted by molar-refractivity contribution is -0.147.